The zero-order valence-electron chi connectivity index (χ0n) is 12.5. The minimum atomic E-state index is -0.543. The van der Waals surface area contributed by atoms with Gasteiger partial charge >= 0.3 is 0 Å². The van der Waals surface area contributed by atoms with Crippen molar-refractivity contribution < 1.29 is 9.72 Å². The normalized spacial score (nSPS) is 10.7. The van der Waals surface area contributed by atoms with Crippen LogP contribution in [0.25, 0.3) is 5.65 Å². The van der Waals surface area contributed by atoms with E-state index in [1.54, 1.807) is 10.6 Å². The third-order valence-corrected chi connectivity index (χ3v) is 3.37. The number of nitro groups is 1. The lowest BCUT2D eigenvalue weighted by molar-refractivity contribution is -0.383. The number of carbonyl (C=O) groups excluding carboxylic acids is 1. The van der Waals surface area contributed by atoms with Crippen molar-refractivity contribution in [1.82, 2.24) is 14.6 Å². The molecule has 3 rings (SSSR count). The van der Waals surface area contributed by atoms with Crippen LogP contribution >= 0.6 is 0 Å². The van der Waals surface area contributed by atoms with E-state index in [0.29, 0.717) is 5.65 Å². The minimum absolute atomic E-state index is 0.131. The van der Waals surface area contributed by atoms with Gasteiger partial charge in [-0.15, -0.1) is 0 Å². The molecule has 23 heavy (non-hydrogen) atoms. The fraction of sp³-hybridized carbons (Fsp3) is 0.133. The summed E-state index contributed by atoms with van der Waals surface area (Å²) in [6, 6.07) is 7.82. The smallest absolute Gasteiger partial charge is 0.292 e. The van der Waals surface area contributed by atoms with Crippen molar-refractivity contribution in [2.75, 3.05) is 5.32 Å². The summed E-state index contributed by atoms with van der Waals surface area (Å²) in [5, 5.41) is 17.7. The molecule has 8 nitrogen and oxygen atoms in total. The topological polar surface area (TPSA) is 102 Å². The predicted molar refractivity (Wildman–Crippen MR) is 83.5 cm³/mol. The molecule has 0 aliphatic carbocycles. The Balaban J connectivity index is 2.01. The minimum Gasteiger partial charge on any atom is -0.316 e. The number of rotatable bonds is 3. The first-order valence-corrected chi connectivity index (χ1v) is 6.84. The molecule has 0 radical (unpaired) electrons. The lowest BCUT2D eigenvalue weighted by atomic mass is 10.2. The molecule has 0 aliphatic heterocycles. The molecule has 0 saturated heterocycles. The second-order valence-electron chi connectivity index (χ2n) is 5.06. The molecule has 2 heterocycles. The molecule has 1 N–H and O–H groups in total. The van der Waals surface area contributed by atoms with Gasteiger partial charge in [-0.25, -0.2) is 9.50 Å². The van der Waals surface area contributed by atoms with Crippen LogP contribution in [0.2, 0.25) is 0 Å². The molecule has 2 aromatic heterocycles. The fourth-order valence-electron chi connectivity index (χ4n) is 2.36. The van der Waals surface area contributed by atoms with E-state index in [9.17, 15) is 14.9 Å². The van der Waals surface area contributed by atoms with Gasteiger partial charge in [0.05, 0.1) is 11.1 Å². The molecule has 8 heteroatoms. The molecule has 1 aromatic carbocycles. The van der Waals surface area contributed by atoms with Crippen LogP contribution in [0.1, 0.15) is 21.7 Å². The van der Waals surface area contributed by atoms with Crippen LogP contribution in [0.4, 0.5) is 11.4 Å². The van der Waals surface area contributed by atoms with Gasteiger partial charge in [0, 0.05) is 17.5 Å². The van der Waals surface area contributed by atoms with Crippen LogP contribution in [0.5, 0.6) is 0 Å². The van der Waals surface area contributed by atoms with Crippen molar-refractivity contribution in [2.45, 2.75) is 13.8 Å². The van der Waals surface area contributed by atoms with Gasteiger partial charge in [0.15, 0.2) is 5.65 Å². The second-order valence-corrected chi connectivity index (χ2v) is 5.06. The summed E-state index contributed by atoms with van der Waals surface area (Å²) in [4.78, 5) is 27.3. The lowest BCUT2D eigenvalue weighted by Gasteiger charge is -2.05. The van der Waals surface area contributed by atoms with Crippen molar-refractivity contribution >= 4 is 22.9 Å². The number of nitrogens with zero attached hydrogens (tertiary/aromatic N) is 4. The Morgan fingerprint density at radius 2 is 2.04 bits per heavy atom. The van der Waals surface area contributed by atoms with Crippen molar-refractivity contribution in [2.24, 2.45) is 0 Å². The molecule has 0 aliphatic rings. The highest BCUT2D eigenvalue weighted by atomic mass is 16.6. The number of aryl methyl sites for hydroxylation is 2. The summed E-state index contributed by atoms with van der Waals surface area (Å²) in [5.41, 5.74) is 2.24. The highest BCUT2D eigenvalue weighted by molar-refractivity contribution is 6.09. The van der Waals surface area contributed by atoms with Gasteiger partial charge in [-0.2, -0.15) is 5.10 Å². The van der Waals surface area contributed by atoms with E-state index in [2.05, 4.69) is 15.4 Å². The first-order chi connectivity index (χ1) is 11.0. The number of amides is 1. The molecule has 0 saturated carbocycles. The number of para-hydroxylation sites is 2. The molecular weight excluding hydrogens is 298 g/mol. The van der Waals surface area contributed by atoms with Crippen LogP contribution in [0.3, 0.4) is 0 Å². The van der Waals surface area contributed by atoms with Gasteiger partial charge in [0.2, 0.25) is 0 Å². The number of nitro benzene ring substituents is 1. The first kappa shape index (κ1) is 14.6. The Morgan fingerprint density at radius 3 is 2.78 bits per heavy atom. The number of aromatic nitrogens is 3. The molecule has 0 atom stereocenters. The van der Waals surface area contributed by atoms with E-state index < -0.39 is 10.8 Å². The average Bonchev–Trinajstić information content (AvgIpc) is 2.91. The quantitative estimate of drug-likeness (QED) is 0.591. The number of hydrogen-bond donors (Lipinski definition) is 1. The SMILES string of the molecule is Cc1cc(C)n2ncc(C(=O)Nc3ccccc3[N+](=O)[O-])c2n1. The van der Waals surface area contributed by atoms with E-state index in [1.807, 2.05) is 19.9 Å². The van der Waals surface area contributed by atoms with E-state index in [0.717, 1.165) is 11.4 Å². The van der Waals surface area contributed by atoms with Crippen LogP contribution in [0.15, 0.2) is 36.5 Å². The van der Waals surface area contributed by atoms with Crippen LogP contribution in [-0.4, -0.2) is 25.4 Å². The monoisotopic (exact) mass is 311 g/mol. The van der Waals surface area contributed by atoms with Gasteiger partial charge in [-0.05, 0) is 26.0 Å². The van der Waals surface area contributed by atoms with Gasteiger partial charge in [-0.1, -0.05) is 12.1 Å². The van der Waals surface area contributed by atoms with Crippen molar-refractivity contribution in [3.63, 3.8) is 0 Å². The molecule has 0 spiro atoms. The Kier molecular flexibility index (Phi) is 3.49. The van der Waals surface area contributed by atoms with E-state index >= 15 is 0 Å². The van der Waals surface area contributed by atoms with Crippen LogP contribution in [0, 0.1) is 24.0 Å². The van der Waals surface area contributed by atoms with Gasteiger partial charge in [0.1, 0.15) is 11.3 Å². The molecule has 0 fully saturated rings. The van der Waals surface area contributed by atoms with E-state index in [1.165, 1.54) is 24.4 Å². The standard InChI is InChI=1S/C15H13N5O3/c1-9-7-10(2)19-14(17-9)11(8-16-19)15(21)18-12-5-3-4-6-13(12)20(22)23/h3-8H,1-2H3,(H,18,21). The van der Waals surface area contributed by atoms with Crippen LogP contribution in [-0.2, 0) is 0 Å². The summed E-state index contributed by atoms with van der Waals surface area (Å²) in [7, 11) is 0. The zero-order valence-corrected chi connectivity index (χ0v) is 12.5. The number of benzene rings is 1. The largest absolute Gasteiger partial charge is 0.316 e. The number of hydrogen-bond acceptors (Lipinski definition) is 5. The summed E-state index contributed by atoms with van der Waals surface area (Å²) in [6.07, 6.45) is 1.40. The molecule has 0 bridgehead atoms. The summed E-state index contributed by atoms with van der Waals surface area (Å²) < 4.78 is 1.56. The van der Waals surface area contributed by atoms with Gasteiger partial charge < -0.3 is 5.32 Å². The van der Waals surface area contributed by atoms with Gasteiger partial charge in [-0.3, -0.25) is 14.9 Å². The number of fused-ring (bicyclic) bond motifs is 1. The van der Waals surface area contributed by atoms with Crippen molar-refractivity contribution in [1.29, 1.82) is 0 Å². The highest BCUT2D eigenvalue weighted by Crippen LogP contribution is 2.24. The summed E-state index contributed by atoms with van der Waals surface area (Å²) in [5.74, 6) is -0.494. The summed E-state index contributed by atoms with van der Waals surface area (Å²) >= 11 is 0. The Morgan fingerprint density at radius 1 is 1.30 bits per heavy atom. The molecule has 0 unspecified atom stereocenters. The lowest BCUT2D eigenvalue weighted by Crippen LogP contribution is -2.13. The number of anilines is 1. The summed E-state index contributed by atoms with van der Waals surface area (Å²) in [6.45, 7) is 3.68. The maximum Gasteiger partial charge on any atom is 0.292 e. The van der Waals surface area contributed by atoms with Crippen molar-refractivity contribution in [3.8, 4) is 0 Å². The number of carbonyl (C=O) groups is 1. The maximum absolute atomic E-state index is 12.5. The van der Waals surface area contributed by atoms with Gasteiger partial charge in [0.25, 0.3) is 11.6 Å². The Labute approximate surface area is 130 Å². The maximum atomic E-state index is 12.5. The van der Waals surface area contributed by atoms with Crippen molar-refractivity contribution in [3.05, 3.63) is 63.6 Å². The van der Waals surface area contributed by atoms with E-state index in [4.69, 9.17) is 0 Å². The molecule has 3 aromatic rings. The fourth-order valence-corrected chi connectivity index (χ4v) is 2.36. The average molecular weight is 311 g/mol. The first-order valence-electron chi connectivity index (χ1n) is 6.84. The molecule has 1 amide bonds. The Bertz CT molecular complexity index is 932. The second kappa shape index (κ2) is 5.48. The Hall–Kier alpha value is -3.29. The predicted octanol–water partition coefficient (Wildman–Crippen LogP) is 2.51. The third kappa shape index (κ3) is 2.61. The highest BCUT2D eigenvalue weighted by Gasteiger charge is 2.19. The van der Waals surface area contributed by atoms with E-state index in [-0.39, 0.29) is 16.9 Å². The van der Waals surface area contributed by atoms with Crippen LogP contribution < -0.4 is 5.32 Å². The molecular formula is C15H13N5O3. The molecule has 116 valence electrons. The number of nitrogens with one attached hydrogen (secondary N) is 1. The third-order valence-electron chi connectivity index (χ3n) is 3.37. The zero-order chi connectivity index (χ0) is 16.6.